The second-order valence-corrected chi connectivity index (χ2v) is 10.7. The molecule has 4 aromatic rings. The Morgan fingerprint density at radius 3 is 2.82 bits per heavy atom. The van der Waals surface area contributed by atoms with Gasteiger partial charge in [0.1, 0.15) is 18.8 Å². The van der Waals surface area contributed by atoms with E-state index in [-0.39, 0.29) is 12.1 Å². The van der Waals surface area contributed by atoms with Gasteiger partial charge in [0.25, 0.3) is 5.91 Å². The van der Waals surface area contributed by atoms with Gasteiger partial charge in [-0.15, -0.1) is 0 Å². The zero-order valence-corrected chi connectivity index (χ0v) is 21.7. The Balaban J connectivity index is 1.09. The highest BCUT2D eigenvalue weighted by atomic mass is 19.1. The van der Waals surface area contributed by atoms with Crippen molar-refractivity contribution in [3.8, 4) is 11.3 Å². The third kappa shape index (κ3) is 3.97. The maximum absolute atomic E-state index is 15.4. The minimum absolute atomic E-state index is 0.00689. The van der Waals surface area contributed by atoms with Crippen molar-refractivity contribution in [1.29, 1.82) is 0 Å². The number of nitrogens with zero attached hydrogens (tertiary/aromatic N) is 6. The van der Waals surface area contributed by atoms with Crippen LogP contribution in [0.2, 0.25) is 0 Å². The summed E-state index contributed by atoms with van der Waals surface area (Å²) in [5, 5.41) is 18.2. The van der Waals surface area contributed by atoms with Crippen LogP contribution >= 0.6 is 0 Å². The second-order valence-electron chi connectivity index (χ2n) is 10.7. The molecule has 1 saturated carbocycles. The lowest BCUT2D eigenvalue weighted by Crippen LogP contribution is -2.47. The molecule has 0 aromatic carbocycles. The van der Waals surface area contributed by atoms with E-state index < -0.39 is 24.3 Å². The lowest BCUT2D eigenvalue weighted by atomic mass is 10.1. The Bertz CT molecular complexity index is 1500. The Hall–Kier alpha value is -3.39. The van der Waals surface area contributed by atoms with E-state index in [1.165, 1.54) is 0 Å². The number of fused-ring (bicyclic) bond motifs is 1. The van der Waals surface area contributed by atoms with Gasteiger partial charge in [-0.05, 0) is 39.2 Å². The van der Waals surface area contributed by atoms with Gasteiger partial charge in [0.05, 0.1) is 35.4 Å². The lowest BCUT2D eigenvalue weighted by molar-refractivity contribution is -0.129. The van der Waals surface area contributed by atoms with Crippen LogP contribution in [0.25, 0.3) is 16.9 Å². The smallest absolute Gasteiger partial charge is 0.253 e. The quantitative estimate of drug-likeness (QED) is 0.236. The molecule has 2 aliphatic heterocycles. The molecular formula is C25H30FN9O3. The summed E-state index contributed by atoms with van der Waals surface area (Å²) in [7, 11) is 1.90. The molecule has 3 N–H and O–H groups in total. The first-order chi connectivity index (χ1) is 18.2. The summed E-state index contributed by atoms with van der Waals surface area (Å²) in [6.45, 7) is 6.59. The van der Waals surface area contributed by atoms with Gasteiger partial charge in [-0.2, -0.15) is 10.2 Å². The zero-order valence-electron chi connectivity index (χ0n) is 21.7. The van der Waals surface area contributed by atoms with Gasteiger partial charge in [0, 0.05) is 31.0 Å². The van der Waals surface area contributed by atoms with E-state index in [0.29, 0.717) is 24.1 Å². The Kier molecular flexibility index (Phi) is 5.18. The highest BCUT2D eigenvalue weighted by molar-refractivity contribution is 5.80. The number of alkyl halides is 1. The Labute approximate surface area is 217 Å². The van der Waals surface area contributed by atoms with Crippen molar-refractivity contribution in [2.75, 3.05) is 18.5 Å². The molecule has 7 rings (SSSR count). The van der Waals surface area contributed by atoms with Gasteiger partial charge < -0.3 is 19.5 Å². The van der Waals surface area contributed by atoms with Crippen LogP contribution in [0, 0.1) is 13.8 Å². The topological polar surface area (TPSA) is 132 Å². The maximum Gasteiger partial charge on any atom is 0.253 e. The minimum Gasteiger partial charge on any atom is -0.366 e. The summed E-state index contributed by atoms with van der Waals surface area (Å²) >= 11 is 0. The molecule has 13 heteroatoms. The normalized spacial score (nSPS) is 27.8. The van der Waals surface area contributed by atoms with Crippen molar-refractivity contribution in [3.63, 3.8) is 0 Å². The monoisotopic (exact) mass is 523 g/mol. The fraction of sp³-hybridized carbons (Fsp3) is 0.520. The van der Waals surface area contributed by atoms with Gasteiger partial charge in [-0.25, -0.2) is 14.4 Å². The molecular weight excluding hydrogens is 493 g/mol. The van der Waals surface area contributed by atoms with Crippen molar-refractivity contribution < 1.29 is 18.6 Å². The summed E-state index contributed by atoms with van der Waals surface area (Å²) < 4.78 is 36.4. The summed E-state index contributed by atoms with van der Waals surface area (Å²) in [6.07, 6.45) is 4.55. The van der Waals surface area contributed by atoms with E-state index in [9.17, 15) is 0 Å². The van der Waals surface area contributed by atoms with Gasteiger partial charge in [-0.3, -0.25) is 19.5 Å². The molecule has 0 amide bonds. The largest absolute Gasteiger partial charge is 0.366 e. The molecule has 6 heterocycles. The highest BCUT2D eigenvalue weighted by Gasteiger charge is 2.57. The van der Waals surface area contributed by atoms with Crippen molar-refractivity contribution in [2.24, 2.45) is 7.05 Å². The summed E-state index contributed by atoms with van der Waals surface area (Å²) in [5.41, 5.74) is 4.97. The van der Waals surface area contributed by atoms with Crippen LogP contribution in [-0.2, 0) is 21.3 Å². The number of aryl methyl sites for hydroxylation is 3. The number of ether oxygens (including phenoxy) is 3. The number of aromatic nitrogens is 7. The number of halogens is 1. The molecule has 0 radical (unpaired) electrons. The van der Waals surface area contributed by atoms with Crippen molar-refractivity contribution in [1.82, 2.24) is 39.7 Å². The van der Waals surface area contributed by atoms with Gasteiger partial charge in [0.2, 0.25) is 5.95 Å². The standard InChI is InChI=1S/C25H30FN9O3/c1-13-10-28-34(4)20(13)18-14(2)29-23(35-8-7-27-22(18)35)30-17-9-15(31-32-17)21-19(26)16(11-36-21)38-25(12-37-25)33-24(3)5-6-24/h7-10,16,19,21,33H,5-6,11-12H2,1-4H3,(H2,29,30,31,32)/t16-,19+,21-,25?/m1/s1. The van der Waals surface area contributed by atoms with Crippen LogP contribution in [0.15, 0.2) is 24.7 Å². The maximum atomic E-state index is 15.4. The predicted molar refractivity (Wildman–Crippen MR) is 134 cm³/mol. The molecule has 0 bridgehead atoms. The number of epoxide rings is 1. The molecule has 38 heavy (non-hydrogen) atoms. The number of anilines is 2. The molecule has 2 saturated heterocycles. The number of aromatic amines is 1. The second kappa shape index (κ2) is 8.30. The fourth-order valence-electron chi connectivity index (χ4n) is 5.21. The lowest BCUT2D eigenvalue weighted by Gasteiger charge is -2.23. The number of rotatable bonds is 8. The number of H-pyrrole nitrogens is 1. The average Bonchev–Trinajstić information content (AvgIpc) is 3.45. The molecule has 1 aliphatic carbocycles. The van der Waals surface area contributed by atoms with E-state index in [1.54, 1.807) is 12.3 Å². The number of hydrogen-bond acceptors (Lipinski definition) is 9. The Morgan fingerprint density at radius 2 is 2.11 bits per heavy atom. The molecule has 4 atom stereocenters. The van der Waals surface area contributed by atoms with Crippen LogP contribution in [-0.4, -0.2) is 71.3 Å². The van der Waals surface area contributed by atoms with Crippen LogP contribution in [0.3, 0.4) is 0 Å². The average molecular weight is 524 g/mol. The zero-order chi connectivity index (χ0) is 26.2. The molecule has 1 unspecified atom stereocenters. The first-order valence-corrected chi connectivity index (χ1v) is 12.8. The predicted octanol–water partition coefficient (Wildman–Crippen LogP) is 2.83. The van der Waals surface area contributed by atoms with Crippen LogP contribution in [0.5, 0.6) is 0 Å². The third-order valence-electron chi connectivity index (χ3n) is 7.56. The van der Waals surface area contributed by atoms with E-state index in [1.807, 2.05) is 42.4 Å². The Morgan fingerprint density at radius 1 is 1.29 bits per heavy atom. The summed E-state index contributed by atoms with van der Waals surface area (Å²) in [4.78, 5) is 9.37. The number of nitrogens with one attached hydrogen (secondary N) is 3. The van der Waals surface area contributed by atoms with Gasteiger partial charge >= 0.3 is 0 Å². The van der Waals surface area contributed by atoms with E-state index in [4.69, 9.17) is 19.2 Å². The minimum atomic E-state index is -1.37. The van der Waals surface area contributed by atoms with E-state index in [0.717, 1.165) is 41.0 Å². The summed E-state index contributed by atoms with van der Waals surface area (Å²) in [5.74, 6) is 0.116. The molecule has 0 spiro atoms. The first-order valence-electron chi connectivity index (χ1n) is 12.8. The van der Waals surface area contributed by atoms with Crippen molar-refractivity contribution >= 4 is 17.4 Å². The van der Waals surface area contributed by atoms with Crippen LogP contribution < -0.4 is 10.6 Å². The van der Waals surface area contributed by atoms with Crippen molar-refractivity contribution in [3.05, 3.63) is 41.6 Å². The molecule has 3 fully saturated rings. The highest BCUT2D eigenvalue weighted by Crippen LogP contribution is 2.43. The number of hydrogen-bond donors (Lipinski definition) is 3. The van der Waals surface area contributed by atoms with Gasteiger partial charge in [-0.1, -0.05) is 0 Å². The molecule has 12 nitrogen and oxygen atoms in total. The van der Waals surface area contributed by atoms with E-state index >= 15 is 4.39 Å². The number of imidazole rings is 1. The van der Waals surface area contributed by atoms with Crippen LogP contribution in [0.1, 0.15) is 42.8 Å². The molecule has 3 aliphatic rings. The van der Waals surface area contributed by atoms with Gasteiger partial charge in [0.15, 0.2) is 17.6 Å². The van der Waals surface area contributed by atoms with Crippen molar-refractivity contribution in [2.45, 2.75) is 63.4 Å². The SMILES string of the molecule is Cc1cnn(C)c1-c1c(C)nc(Nc2cc([C@H]3OC[C@@H](OC4(NC5(C)CC5)CO4)[C@@H]3F)[nH]n2)n2ccnc12. The third-order valence-corrected chi connectivity index (χ3v) is 7.56. The molecule has 4 aromatic heterocycles. The molecule has 200 valence electrons. The fourth-order valence-corrected chi connectivity index (χ4v) is 5.21. The first kappa shape index (κ1) is 23.7. The van der Waals surface area contributed by atoms with E-state index in [2.05, 4.69) is 37.8 Å². The summed E-state index contributed by atoms with van der Waals surface area (Å²) in [6, 6.07) is 1.73. The van der Waals surface area contributed by atoms with Crippen LogP contribution in [0.4, 0.5) is 16.2 Å².